The molecule has 2 aromatic rings. The fourth-order valence-electron chi connectivity index (χ4n) is 2.29. The number of benzene rings is 2. The Labute approximate surface area is 141 Å². The zero-order valence-corrected chi connectivity index (χ0v) is 13.7. The lowest BCUT2D eigenvalue weighted by Crippen LogP contribution is -2.35. The molecule has 0 bridgehead atoms. The third-order valence-corrected chi connectivity index (χ3v) is 3.87. The van der Waals surface area contributed by atoms with E-state index < -0.39 is 6.04 Å². The van der Waals surface area contributed by atoms with E-state index in [1.54, 1.807) is 0 Å². The van der Waals surface area contributed by atoms with Crippen LogP contribution in [0.4, 0.5) is 5.69 Å². The minimum Gasteiger partial charge on any atom is -0.330 e. The number of amides is 1. The number of hydrogen-bond donors (Lipinski definition) is 3. The van der Waals surface area contributed by atoms with Gasteiger partial charge in [0.05, 0.1) is 6.04 Å². The molecule has 1 amide bonds. The van der Waals surface area contributed by atoms with Crippen LogP contribution in [0.5, 0.6) is 0 Å². The van der Waals surface area contributed by atoms with E-state index in [9.17, 15) is 4.79 Å². The predicted octanol–water partition coefficient (Wildman–Crippen LogP) is 3.40. The molecule has 0 radical (unpaired) electrons. The number of anilines is 1. The second kappa shape index (κ2) is 8.67. The Morgan fingerprint density at radius 2 is 1.83 bits per heavy atom. The maximum Gasteiger partial charge on any atom is 0.241 e. The van der Waals surface area contributed by atoms with Crippen LogP contribution in [0, 0.1) is 0 Å². The molecule has 0 aliphatic rings. The monoisotopic (exact) mass is 331 g/mol. The second-order valence-electron chi connectivity index (χ2n) is 5.47. The standard InChI is InChI=1S/C18H22ClN3O/c19-15-9-7-13(8-10-15)14-4-3-5-16(12-14)22-18(23)17(21)6-1-2-11-20/h3-5,7-10,12,17H,1-2,6,11,20-21H2,(H,22,23)/t17-/m0/s1. The molecule has 5 N–H and O–H groups in total. The van der Waals surface area contributed by atoms with Gasteiger partial charge < -0.3 is 16.8 Å². The van der Waals surface area contributed by atoms with Gasteiger partial charge in [-0.05, 0) is 54.8 Å². The van der Waals surface area contributed by atoms with Crippen LogP contribution in [0.1, 0.15) is 19.3 Å². The summed E-state index contributed by atoms with van der Waals surface area (Å²) in [6, 6.07) is 14.7. The zero-order chi connectivity index (χ0) is 16.7. The number of unbranched alkanes of at least 4 members (excludes halogenated alkanes) is 1. The highest BCUT2D eigenvalue weighted by atomic mass is 35.5. The van der Waals surface area contributed by atoms with Gasteiger partial charge in [0.25, 0.3) is 0 Å². The predicted molar refractivity (Wildman–Crippen MR) is 96.4 cm³/mol. The Balaban J connectivity index is 2.02. The number of nitrogens with one attached hydrogen (secondary N) is 1. The van der Waals surface area contributed by atoms with Gasteiger partial charge in [-0.25, -0.2) is 0 Å². The zero-order valence-electron chi connectivity index (χ0n) is 13.0. The fraction of sp³-hybridized carbons (Fsp3) is 0.278. The van der Waals surface area contributed by atoms with E-state index in [-0.39, 0.29) is 5.91 Å². The van der Waals surface area contributed by atoms with Crippen molar-refractivity contribution in [1.29, 1.82) is 0 Å². The summed E-state index contributed by atoms with van der Waals surface area (Å²) in [6.45, 7) is 0.622. The molecule has 2 rings (SSSR count). The molecule has 5 heteroatoms. The Kier molecular flexibility index (Phi) is 6.59. The Hall–Kier alpha value is -1.88. The van der Waals surface area contributed by atoms with Crippen molar-refractivity contribution in [3.05, 3.63) is 53.6 Å². The van der Waals surface area contributed by atoms with Crippen LogP contribution < -0.4 is 16.8 Å². The van der Waals surface area contributed by atoms with Gasteiger partial charge >= 0.3 is 0 Å². The quantitative estimate of drug-likeness (QED) is 0.680. The van der Waals surface area contributed by atoms with E-state index in [4.69, 9.17) is 23.1 Å². The number of hydrogen-bond acceptors (Lipinski definition) is 3. The van der Waals surface area contributed by atoms with E-state index in [1.807, 2.05) is 48.5 Å². The molecule has 1 atom stereocenters. The molecule has 0 spiro atoms. The minimum absolute atomic E-state index is 0.171. The first-order valence-corrected chi connectivity index (χ1v) is 8.10. The highest BCUT2D eigenvalue weighted by molar-refractivity contribution is 6.30. The van der Waals surface area contributed by atoms with Crippen molar-refractivity contribution in [1.82, 2.24) is 0 Å². The van der Waals surface area contributed by atoms with Crippen molar-refractivity contribution in [3.8, 4) is 11.1 Å². The summed E-state index contributed by atoms with van der Waals surface area (Å²) in [5.41, 5.74) is 14.1. The first kappa shape index (κ1) is 17.5. The van der Waals surface area contributed by atoms with Crippen molar-refractivity contribution in [2.75, 3.05) is 11.9 Å². The molecule has 0 fully saturated rings. The van der Waals surface area contributed by atoms with Crippen LogP contribution in [0.15, 0.2) is 48.5 Å². The summed E-state index contributed by atoms with van der Waals surface area (Å²) in [6.07, 6.45) is 2.38. The highest BCUT2D eigenvalue weighted by Crippen LogP contribution is 2.24. The molecule has 0 aliphatic heterocycles. The normalized spacial score (nSPS) is 12.0. The molecule has 0 unspecified atom stereocenters. The lowest BCUT2D eigenvalue weighted by molar-refractivity contribution is -0.117. The van der Waals surface area contributed by atoms with Crippen LogP contribution in [0.25, 0.3) is 11.1 Å². The van der Waals surface area contributed by atoms with Crippen LogP contribution in [0.3, 0.4) is 0 Å². The summed E-state index contributed by atoms with van der Waals surface area (Å²) in [5.74, 6) is -0.171. The average molecular weight is 332 g/mol. The summed E-state index contributed by atoms with van der Waals surface area (Å²) >= 11 is 5.91. The molecule has 0 saturated heterocycles. The molecule has 2 aromatic carbocycles. The number of rotatable bonds is 7. The van der Waals surface area contributed by atoms with Gasteiger partial charge in [0.1, 0.15) is 0 Å². The van der Waals surface area contributed by atoms with Gasteiger partial charge in [0.15, 0.2) is 0 Å². The van der Waals surface area contributed by atoms with Crippen molar-refractivity contribution in [3.63, 3.8) is 0 Å². The van der Waals surface area contributed by atoms with Crippen molar-refractivity contribution >= 4 is 23.2 Å². The van der Waals surface area contributed by atoms with E-state index in [0.29, 0.717) is 18.0 Å². The first-order chi connectivity index (χ1) is 11.1. The third kappa shape index (κ3) is 5.36. The Morgan fingerprint density at radius 1 is 1.09 bits per heavy atom. The summed E-state index contributed by atoms with van der Waals surface area (Å²) in [5, 5.41) is 3.56. The Morgan fingerprint density at radius 3 is 2.52 bits per heavy atom. The van der Waals surface area contributed by atoms with Gasteiger partial charge in [0.2, 0.25) is 5.91 Å². The summed E-state index contributed by atoms with van der Waals surface area (Å²) in [4.78, 5) is 12.1. The number of halogens is 1. The van der Waals surface area contributed by atoms with Gasteiger partial charge in [0, 0.05) is 10.7 Å². The maximum absolute atomic E-state index is 12.1. The maximum atomic E-state index is 12.1. The largest absolute Gasteiger partial charge is 0.330 e. The molecule has 122 valence electrons. The SMILES string of the molecule is NCCCC[C@H](N)C(=O)Nc1cccc(-c2ccc(Cl)cc2)c1. The molecule has 23 heavy (non-hydrogen) atoms. The van der Waals surface area contributed by atoms with Crippen LogP contribution in [-0.4, -0.2) is 18.5 Å². The summed E-state index contributed by atoms with van der Waals surface area (Å²) < 4.78 is 0. The van der Waals surface area contributed by atoms with E-state index in [0.717, 1.165) is 29.7 Å². The van der Waals surface area contributed by atoms with E-state index >= 15 is 0 Å². The minimum atomic E-state index is -0.513. The van der Waals surface area contributed by atoms with Gasteiger partial charge in [-0.1, -0.05) is 42.3 Å². The van der Waals surface area contributed by atoms with E-state index in [2.05, 4.69) is 5.32 Å². The fourth-order valence-corrected chi connectivity index (χ4v) is 2.42. The van der Waals surface area contributed by atoms with Crippen molar-refractivity contribution in [2.45, 2.75) is 25.3 Å². The summed E-state index contributed by atoms with van der Waals surface area (Å²) in [7, 11) is 0. The van der Waals surface area contributed by atoms with Crippen molar-refractivity contribution < 1.29 is 4.79 Å². The molecule has 0 heterocycles. The third-order valence-electron chi connectivity index (χ3n) is 3.61. The molecule has 0 saturated carbocycles. The van der Waals surface area contributed by atoms with Crippen LogP contribution >= 0.6 is 11.6 Å². The van der Waals surface area contributed by atoms with Gasteiger partial charge in [-0.3, -0.25) is 4.79 Å². The second-order valence-corrected chi connectivity index (χ2v) is 5.90. The lowest BCUT2D eigenvalue weighted by Gasteiger charge is -2.13. The smallest absolute Gasteiger partial charge is 0.241 e. The molecule has 0 aromatic heterocycles. The molecule has 0 aliphatic carbocycles. The Bertz CT molecular complexity index is 643. The van der Waals surface area contributed by atoms with Crippen LogP contribution in [0.2, 0.25) is 5.02 Å². The molecular formula is C18H22ClN3O. The van der Waals surface area contributed by atoms with E-state index in [1.165, 1.54) is 0 Å². The topological polar surface area (TPSA) is 81.1 Å². The van der Waals surface area contributed by atoms with Gasteiger partial charge in [-0.15, -0.1) is 0 Å². The van der Waals surface area contributed by atoms with Crippen molar-refractivity contribution in [2.24, 2.45) is 11.5 Å². The molecule has 4 nitrogen and oxygen atoms in total. The van der Waals surface area contributed by atoms with Crippen LogP contribution in [-0.2, 0) is 4.79 Å². The molecular weight excluding hydrogens is 310 g/mol. The number of carbonyl (C=O) groups excluding carboxylic acids is 1. The number of nitrogens with two attached hydrogens (primary N) is 2. The van der Waals surface area contributed by atoms with Gasteiger partial charge in [-0.2, -0.15) is 0 Å². The highest BCUT2D eigenvalue weighted by Gasteiger charge is 2.13. The lowest BCUT2D eigenvalue weighted by atomic mass is 10.0. The number of carbonyl (C=O) groups is 1. The average Bonchev–Trinajstić information content (AvgIpc) is 2.56. The first-order valence-electron chi connectivity index (χ1n) is 7.72.